The van der Waals surface area contributed by atoms with Crippen LogP contribution in [0.15, 0.2) is 45.8 Å². The van der Waals surface area contributed by atoms with Crippen LogP contribution in [0.1, 0.15) is 0 Å². The summed E-state index contributed by atoms with van der Waals surface area (Å²) in [5.74, 6) is 0. The molecule has 83 valence electrons. The largest absolute Gasteiger partial charge is 0.297 e. The highest BCUT2D eigenvalue weighted by atomic mass is 79.9. The molecule has 3 nitrogen and oxygen atoms in total. The first kappa shape index (κ1) is 11.6. The van der Waals surface area contributed by atoms with Gasteiger partial charge in [-0.15, -0.1) is 0 Å². The van der Waals surface area contributed by atoms with Crippen LogP contribution in [0.5, 0.6) is 0 Å². The Bertz CT molecular complexity index is 635. The molecule has 1 radical (unpaired) electrons. The third-order valence-electron chi connectivity index (χ3n) is 2.21. The lowest BCUT2D eigenvalue weighted by molar-refractivity contribution is 0.439. The Balaban J connectivity index is 2.89. The summed E-state index contributed by atoms with van der Waals surface area (Å²) in [6.45, 7) is 0. The number of halogens is 1. The van der Waals surface area contributed by atoms with Crippen LogP contribution in [0.4, 0.5) is 0 Å². The van der Waals surface area contributed by atoms with E-state index in [9.17, 15) is 8.42 Å². The van der Waals surface area contributed by atoms with E-state index in [4.69, 9.17) is 0 Å². The maximum atomic E-state index is 11.7. The van der Waals surface area contributed by atoms with Gasteiger partial charge in [0.1, 0.15) is 4.90 Å². The van der Waals surface area contributed by atoms with Crippen molar-refractivity contribution in [3.05, 3.63) is 48.0 Å². The van der Waals surface area contributed by atoms with Crippen molar-refractivity contribution in [1.82, 2.24) is 0 Å². The van der Waals surface area contributed by atoms with Gasteiger partial charge >= 0.3 is 0 Å². The lowest BCUT2D eigenvalue weighted by atomic mass is 10.1. The Morgan fingerprint density at radius 1 is 1.19 bits per heavy atom. The van der Waals surface area contributed by atoms with Crippen molar-refractivity contribution in [2.24, 2.45) is 0 Å². The van der Waals surface area contributed by atoms with Gasteiger partial charge in [-0.2, -0.15) is 8.42 Å². The monoisotopic (exact) mass is 299 g/mol. The molecule has 0 spiro atoms. The van der Waals surface area contributed by atoms with Gasteiger partial charge in [0.15, 0.2) is 0 Å². The number of hydrogen-bond acceptors (Lipinski definition) is 3. The summed E-state index contributed by atoms with van der Waals surface area (Å²) >= 11 is 3.26. The molecular weight excluding hydrogens is 292 g/mol. The molecule has 0 saturated heterocycles. The molecule has 0 amide bonds. The Morgan fingerprint density at radius 2 is 1.88 bits per heavy atom. The topological polar surface area (TPSA) is 43.4 Å². The SMILES string of the molecule is [CH2]OS(=O)(=O)c1cc(Br)cc2ccccc12. The summed E-state index contributed by atoms with van der Waals surface area (Å²) in [4.78, 5) is 0.118. The second-order valence-corrected chi connectivity index (χ2v) is 5.70. The van der Waals surface area contributed by atoms with Gasteiger partial charge in [-0.1, -0.05) is 40.2 Å². The fourth-order valence-corrected chi connectivity index (χ4v) is 2.99. The Hall–Kier alpha value is -0.910. The summed E-state index contributed by atoms with van der Waals surface area (Å²) in [6.07, 6.45) is 0. The number of hydrogen-bond donors (Lipinski definition) is 0. The molecule has 0 aliphatic rings. The second kappa shape index (κ2) is 4.16. The molecule has 0 heterocycles. The van der Waals surface area contributed by atoms with E-state index >= 15 is 0 Å². The maximum absolute atomic E-state index is 11.7. The van der Waals surface area contributed by atoms with Gasteiger partial charge in [-0.3, -0.25) is 4.18 Å². The average molecular weight is 300 g/mol. The van der Waals surface area contributed by atoms with Gasteiger partial charge in [0.25, 0.3) is 10.1 Å². The quantitative estimate of drug-likeness (QED) is 0.800. The van der Waals surface area contributed by atoms with Gasteiger partial charge in [-0.25, -0.2) is 0 Å². The fraction of sp³-hybridized carbons (Fsp3) is 0. The molecule has 16 heavy (non-hydrogen) atoms. The summed E-state index contributed by atoms with van der Waals surface area (Å²) in [5, 5.41) is 1.45. The van der Waals surface area contributed by atoms with Gasteiger partial charge in [0.05, 0.1) is 7.11 Å². The van der Waals surface area contributed by atoms with Crippen LogP contribution in [-0.4, -0.2) is 8.42 Å². The summed E-state index contributed by atoms with van der Waals surface area (Å²) in [5.41, 5.74) is 0. The molecule has 0 aliphatic heterocycles. The summed E-state index contributed by atoms with van der Waals surface area (Å²) < 4.78 is 28.3. The summed E-state index contributed by atoms with van der Waals surface area (Å²) in [7, 11) is -0.821. The molecule has 0 aliphatic carbocycles. The predicted octanol–water partition coefficient (Wildman–Crippen LogP) is 3.10. The third-order valence-corrected chi connectivity index (χ3v) is 3.86. The zero-order chi connectivity index (χ0) is 11.8. The Labute approximate surface area is 102 Å². The van der Waals surface area contributed by atoms with Gasteiger partial charge < -0.3 is 0 Å². The summed E-state index contributed by atoms with van der Waals surface area (Å²) in [6, 6.07) is 10.5. The number of fused-ring (bicyclic) bond motifs is 1. The van der Waals surface area contributed by atoms with Crippen LogP contribution >= 0.6 is 15.9 Å². The fourth-order valence-electron chi connectivity index (χ4n) is 1.51. The normalized spacial score (nSPS) is 11.9. The molecule has 0 fully saturated rings. The van der Waals surface area contributed by atoms with Gasteiger partial charge in [0.2, 0.25) is 0 Å². The van der Waals surface area contributed by atoms with E-state index < -0.39 is 10.1 Å². The molecule has 2 aromatic rings. The highest BCUT2D eigenvalue weighted by Crippen LogP contribution is 2.28. The smallest absolute Gasteiger partial charge is 0.264 e. The lowest BCUT2D eigenvalue weighted by Gasteiger charge is -2.06. The van der Waals surface area contributed by atoms with Crippen molar-refractivity contribution in [1.29, 1.82) is 0 Å². The van der Waals surface area contributed by atoms with E-state index in [1.165, 1.54) is 6.07 Å². The first-order valence-electron chi connectivity index (χ1n) is 4.41. The van der Waals surface area contributed by atoms with E-state index in [0.717, 1.165) is 5.39 Å². The maximum Gasteiger partial charge on any atom is 0.297 e. The van der Waals surface area contributed by atoms with Gasteiger partial charge in [-0.05, 0) is 17.5 Å². The van der Waals surface area contributed by atoms with E-state index in [1.54, 1.807) is 12.1 Å². The first-order valence-corrected chi connectivity index (χ1v) is 6.62. The second-order valence-electron chi connectivity index (χ2n) is 3.20. The average Bonchev–Trinajstić information content (AvgIpc) is 2.28. The van der Waals surface area contributed by atoms with Crippen molar-refractivity contribution >= 4 is 36.8 Å². The minimum absolute atomic E-state index is 0.118. The molecule has 2 rings (SSSR count). The number of benzene rings is 2. The van der Waals surface area contributed by atoms with Crippen molar-refractivity contribution in [3.8, 4) is 0 Å². The molecule has 0 N–H and O–H groups in total. The Morgan fingerprint density at radius 3 is 2.56 bits per heavy atom. The molecule has 0 atom stereocenters. The highest BCUT2D eigenvalue weighted by molar-refractivity contribution is 9.10. The highest BCUT2D eigenvalue weighted by Gasteiger charge is 2.17. The van der Waals surface area contributed by atoms with Gasteiger partial charge in [0, 0.05) is 9.86 Å². The first-order chi connectivity index (χ1) is 7.54. The van der Waals surface area contributed by atoms with Crippen molar-refractivity contribution in [3.63, 3.8) is 0 Å². The van der Waals surface area contributed by atoms with Crippen molar-refractivity contribution < 1.29 is 12.6 Å². The van der Waals surface area contributed by atoms with Crippen LogP contribution in [-0.2, 0) is 14.3 Å². The van der Waals surface area contributed by atoms with Crippen molar-refractivity contribution in [2.75, 3.05) is 0 Å². The van der Waals surface area contributed by atoms with Crippen LogP contribution in [0.2, 0.25) is 0 Å². The Kier molecular flexibility index (Phi) is 3.01. The number of rotatable bonds is 2. The minimum Gasteiger partial charge on any atom is -0.264 e. The van der Waals surface area contributed by atoms with Crippen molar-refractivity contribution in [2.45, 2.75) is 4.90 Å². The third kappa shape index (κ3) is 1.98. The van der Waals surface area contributed by atoms with Crippen LogP contribution in [0, 0.1) is 7.11 Å². The van der Waals surface area contributed by atoms with Crippen LogP contribution in [0.3, 0.4) is 0 Å². The standard InChI is InChI=1S/C11H8BrO3S/c1-15-16(13,14)11-7-9(12)6-8-4-2-3-5-10(8)11/h2-7H,1H2. The zero-order valence-corrected chi connectivity index (χ0v) is 10.6. The van der Waals surface area contributed by atoms with E-state index in [0.29, 0.717) is 9.86 Å². The van der Waals surface area contributed by atoms with E-state index in [-0.39, 0.29) is 4.90 Å². The van der Waals surface area contributed by atoms with E-state index in [2.05, 4.69) is 27.2 Å². The minimum atomic E-state index is -3.79. The predicted molar refractivity (Wildman–Crippen MR) is 65.3 cm³/mol. The molecule has 0 saturated carbocycles. The lowest BCUT2D eigenvalue weighted by Crippen LogP contribution is -2.02. The molecular formula is C11H8BrO3S. The molecule has 2 aromatic carbocycles. The molecule has 0 unspecified atom stereocenters. The molecule has 5 heteroatoms. The molecule has 0 bridgehead atoms. The van der Waals surface area contributed by atoms with Crippen LogP contribution in [0.25, 0.3) is 10.8 Å². The zero-order valence-electron chi connectivity index (χ0n) is 8.18. The van der Waals surface area contributed by atoms with E-state index in [1.807, 2.05) is 18.2 Å². The molecule has 0 aromatic heterocycles. The van der Waals surface area contributed by atoms with Crippen LogP contribution < -0.4 is 0 Å².